The first-order chi connectivity index (χ1) is 8.85. The van der Waals surface area contributed by atoms with E-state index in [0.717, 1.165) is 16.5 Å². The van der Waals surface area contributed by atoms with Crippen molar-refractivity contribution in [2.45, 2.75) is 5.75 Å². The van der Waals surface area contributed by atoms with E-state index in [-0.39, 0.29) is 0 Å². The minimum Gasteiger partial charge on any atom is -0.293 e. The summed E-state index contributed by atoms with van der Waals surface area (Å²) in [6.07, 6.45) is 11.1. The SMILES string of the molecule is C#Cc1nccn1-c1ccc(CSCSC)cc1. The van der Waals surface area contributed by atoms with Crippen molar-refractivity contribution in [3.63, 3.8) is 0 Å². The Balaban J connectivity index is 2.11. The van der Waals surface area contributed by atoms with Crippen LogP contribution in [-0.2, 0) is 5.75 Å². The number of hydrogen-bond donors (Lipinski definition) is 0. The highest BCUT2D eigenvalue weighted by atomic mass is 32.2. The van der Waals surface area contributed by atoms with Gasteiger partial charge in [-0.1, -0.05) is 12.1 Å². The predicted molar refractivity (Wildman–Crippen MR) is 81.2 cm³/mol. The van der Waals surface area contributed by atoms with E-state index < -0.39 is 0 Å². The van der Waals surface area contributed by atoms with E-state index in [4.69, 9.17) is 6.42 Å². The molecule has 0 unspecified atom stereocenters. The summed E-state index contributed by atoms with van der Waals surface area (Å²) in [4.78, 5) is 4.11. The lowest BCUT2D eigenvalue weighted by atomic mass is 10.2. The number of terminal acetylenes is 1. The van der Waals surface area contributed by atoms with Crippen molar-refractivity contribution in [2.24, 2.45) is 0 Å². The van der Waals surface area contributed by atoms with E-state index in [2.05, 4.69) is 41.4 Å². The van der Waals surface area contributed by atoms with Gasteiger partial charge in [-0.25, -0.2) is 4.98 Å². The van der Waals surface area contributed by atoms with Gasteiger partial charge in [-0.05, 0) is 29.9 Å². The van der Waals surface area contributed by atoms with Crippen molar-refractivity contribution >= 4 is 23.5 Å². The molecule has 2 nitrogen and oxygen atoms in total. The van der Waals surface area contributed by atoms with Crippen LogP contribution in [0.4, 0.5) is 0 Å². The second-order valence-corrected chi connectivity index (χ2v) is 5.90. The summed E-state index contributed by atoms with van der Waals surface area (Å²) >= 11 is 3.78. The fraction of sp³-hybridized carbons (Fsp3) is 0.214. The molecule has 4 heteroatoms. The first kappa shape index (κ1) is 13.1. The summed E-state index contributed by atoms with van der Waals surface area (Å²) in [7, 11) is 0. The third-order valence-electron chi connectivity index (χ3n) is 2.45. The van der Waals surface area contributed by atoms with Gasteiger partial charge in [0.1, 0.15) is 0 Å². The molecule has 0 aliphatic rings. The maximum Gasteiger partial charge on any atom is 0.189 e. The van der Waals surface area contributed by atoms with Crippen LogP contribution in [0.1, 0.15) is 11.4 Å². The largest absolute Gasteiger partial charge is 0.293 e. The molecule has 0 aliphatic carbocycles. The molecule has 0 N–H and O–H groups in total. The standard InChI is InChI=1S/C14H14N2S2/c1-3-14-15-8-9-16(14)13-6-4-12(5-7-13)10-18-11-17-2/h1,4-9H,10-11H2,2H3. The fourth-order valence-electron chi connectivity index (χ4n) is 1.61. The van der Waals surface area contributed by atoms with Crippen molar-refractivity contribution in [2.75, 3.05) is 11.3 Å². The van der Waals surface area contributed by atoms with Gasteiger partial charge in [-0.15, -0.1) is 18.2 Å². The molecule has 0 bridgehead atoms. The van der Waals surface area contributed by atoms with E-state index >= 15 is 0 Å². The third-order valence-corrected chi connectivity index (χ3v) is 4.60. The molecule has 2 aromatic rings. The van der Waals surface area contributed by atoms with Gasteiger partial charge >= 0.3 is 0 Å². The van der Waals surface area contributed by atoms with Crippen LogP contribution in [0.2, 0.25) is 0 Å². The smallest absolute Gasteiger partial charge is 0.189 e. The molecule has 1 heterocycles. The zero-order valence-electron chi connectivity index (χ0n) is 10.2. The topological polar surface area (TPSA) is 17.8 Å². The molecule has 0 amide bonds. The minimum atomic E-state index is 0.638. The van der Waals surface area contributed by atoms with Gasteiger partial charge in [0.25, 0.3) is 0 Å². The molecule has 0 saturated heterocycles. The van der Waals surface area contributed by atoms with Crippen LogP contribution in [0.25, 0.3) is 5.69 Å². The van der Waals surface area contributed by atoms with Crippen molar-refractivity contribution in [3.8, 4) is 18.0 Å². The Hall–Kier alpha value is -1.31. The van der Waals surface area contributed by atoms with Gasteiger partial charge in [0.2, 0.25) is 0 Å². The average Bonchev–Trinajstić information content (AvgIpc) is 2.88. The van der Waals surface area contributed by atoms with E-state index in [1.807, 2.05) is 34.3 Å². The number of imidazole rings is 1. The summed E-state index contributed by atoms with van der Waals surface area (Å²) in [6.45, 7) is 0. The van der Waals surface area contributed by atoms with Crippen molar-refractivity contribution in [1.82, 2.24) is 9.55 Å². The van der Waals surface area contributed by atoms with Crippen LogP contribution in [0.5, 0.6) is 0 Å². The Morgan fingerprint density at radius 1 is 1.33 bits per heavy atom. The van der Waals surface area contributed by atoms with Crippen molar-refractivity contribution < 1.29 is 0 Å². The first-order valence-electron chi connectivity index (χ1n) is 5.51. The summed E-state index contributed by atoms with van der Waals surface area (Å²) < 4.78 is 1.92. The summed E-state index contributed by atoms with van der Waals surface area (Å²) in [5, 5.41) is 1.13. The Morgan fingerprint density at radius 2 is 2.11 bits per heavy atom. The zero-order chi connectivity index (χ0) is 12.8. The molecular formula is C14H14N2S2. The Labute approximate surface area is 116 Å². The lowest BCUT2D eigenvalue weighted by molar-refractivity contribution is 1.03. The fourth-order valence-corrected chi connectivity index (χ4v) is 3.04. The summed E-state index contributed by atoms with van der Waals surface area (Å²) in [6, 6.07) is 8.45. The van der Waals surface area contributed by atoms with Gasteiger partial charge in [0.15, 0.2) is 5.82 Å². The van der Waals surface area contributed by atoms with Crippen LogP contribution < -0.4 is 0 Å². The maximum absolute atomic E-state index is 5.40. The van der Waals surface area contributed by atoms with Crippen molar-refractivity contribution in [3.05, 3.63) is 48.0 Å². The molecule has 0 spiro atoms. The van der Waals surface area contributed by atoms with E-state index in [9.17, 15) is 0 Å². The van der Waals surface area contributed by atoms with Crippen LogP contribution in [0, 0.1) is 12.3 Å². The predicted octanol–water partition coefficient (Wildman–Crippen LogP) is 3.41. The Bertz CT molecular complexity index is 538. The molecule has 92 valence electrons. The molecule has 0 atom stereocenters. The third kappa shape index (κ3) is 3.12. The molecule has 0 radical (unpaired) electrons. The molecule has 0 aliphatic heterocycles. The Morgan fingerprint density at radius 3 is 2.78 bits per heavy atom. The average molecular weight is 274 g/mol. The summed E-state index contributed by atoms with van der Waals surface area (Å²) in [5.41, 5.74) is 2.39. The van der Waals surface area contributed by atoms with Gasteiger partial charge in [-0.3, -0.25) is 4.57 Å². The van der Waals surface area contributed by atoms with Gasteiger partial charge in [-0.2, -0.15) is 11.8 Å². The quantitative estimate of drug-likeness (QED) is 0.473. The normalized spacial score (nSPS) is 10.2. The van der Waals surface area contributed by atoms with Gasteiger partial charge < -0.3 is 0 Å². The molecule has 2 rings (SSSR count). The number of rotatable bonds is 5. The summed E-state index contributed by atoms with van der Waals surface area (Å²) in [5.74, 6) is 4.26. The molecule has 18 heavy (non-hydrogen) atoms. The number of benzene rings is 1. The van der Waals surface area contributed by atoms with E-state index in [0.29, 0.717) is 5.82 Å². The monoisotopic (exact) mass is 274 g/mol. The lowest BCUT2D eigenvalue weighted by Gasteiger charge is -2.06. The second kappa shape index (κ2) is 6.58. The van der Waals surface area contributed by atoms with Gasteiger partial charge in [0.05, 0.1) is 0 Å². The van der Waals surface area contributed by atoms with Crippen LogP contribution in [0.3, 0.4) is 0 Å². The molecule has 0 saturated carbocycles. The molecular weight excluding hydrogens is 260 g/mol. The number of aromatic nitrogens is 2. The Kier molecular flexibility index (Phi) is 4.80. The van der Waals surface area contributed by atoms with Crippen LogP contribution in [-0.4, -0.2) is 20.9 Å². The number of nitrogens with zero attached hydrogens (tertiary/aromatic N) is 2. The second-order valence-electron chi connectivity index (χ2n) is 3.69. The van der Waals surface area contributed by atoms with Crippen LogP contribution in [0.15, 0.2) is 36.7 Å². The van der Waals surface area contributed by atoms with E-state index in [1.165, 1.54) is 5.56 Å². The number of thioether (sulfide) groups is 2. The first-order valence-corrected chi connectivity index (χ1v) is 8.06. The molecule has 1 aromatic heterocycles. The highest BCUT2D eigenvalue weighted by Crippen LogP contribution is 2.18. The van der Waals surface area contributed by atoms with Crippen LogP contribution >= 0.6 is 23.5 Å². The maximum atomic E-state index is 5.40. The lowest BCUT2D eigenvalue weighted by Crippen LogP contribution is -1.96. The number of hydrogen-bond acceptors (Lipinski definition) is 3. The van der Waals surface area contributed by atoms with Gasteiger partial charge in [0, 0.05) is 28.9 Å². The zero-order valence-corrected chi connectivity index (χ0v) is 11.8. The highest BCUT2D eigenvalue weighted by Gasteiger charge is 2.02. The van der Waals surface area contributed by atoms with Crippen molar-refractivity contribution in [1.29, 1.82) is 0 Å². The minimum absolute atomic E-state index is 0.638. The van der Waals surface area contributed by atoms with E-state index in [1.54, 1.807) is 6.20 Å². The molecule has 0 fully saturated rings. The molecule has 1 aromatic carbocycles. The highest BCUT2D eigenvalue weighted by molar-refractivity contribution is 8.15.